The van der Waals surface area contributed by atoms with Gasteiger partial charge in [0.15, 0.2) is 0 Å². The molecule has 1 amide bonds. The Labute approximate surface area is 127 Å². The largest absolute Gasteiger partial charge is 0.480 e. The molecule has 0 bridgehead atoms. The van der Waals surface area contributed by atoms with Crippen LogP contribution < -0.4 is 0 Å². The van der Waals surface area contributed by atoms with Gasteiger partial charge in [-0.05, 0) is 24.5 Å². The molecular formula is C14H19NO3S2. The predicted octanol–water partition coefficient (Wildman–Crippen LogP) is 2.93. The number of carbonyl (C=O) groups is 2. The zero-order chi connectivity index (χ0) is 14.9. The molecule has 2 atom stereocenters. The Morgan fingerprint density at radius 3 is 2.65 bits per heavy atom. The van der Waals surface area contributed by atoms with E-state index >= 15 is 0 Å². The number of thioether (sulfide) groups is 1. The number of nitrogens with zero attached hydrogens (tertiary/aromatic N) is 1. The third-order valence-electron chi connectivity index (χ3n) is 3.35. The second-order valence-electron chi connectivity index (χ2n) is 5.15. The molecule has 0 aliphatic carbocycles. The average molecular weight is 313 g/mol. The maximum atomic E-state index is 12.7. The Bertz CT molecular complexity index is 512. The van der Waals surface area contributed by atoms with E-state index in [-0.39, 0.29) is 17.2 Å². The van der Waals surface area contributed by atoms with E-state index in [4.69, 9.17) is 0 Å². The van der Waals surface area contributed by atoms with Crippen molar-refractivity contribution in [1.29, 1.82) is 0 Å². The lowest BCUT2D eigenvalue weighted by Crippen LogP contribution is -2.46. The molecule has 0 saturated carbocycles. The molecule has 20 heavy (non-hydrogen) atoms. The molecule has 2 unspecified atom stereocenters. The lowest BCUT2D eigenvalue weighted by atomic mass is 10.1. The molecule has 0 spiro atoms. The zero-order valence-corrected chi connectivity index (χ0v) is 13.5. The van der Waals surface area contributed by atoms with Gasteiger partial charge in [-0.3, -0.25) is 4.79 Å². The highest BCUT2D eigenvalue weighted by Crippen LogP contribution is 2.36. The number of hydrogen-bond acceptors (Lipinski definition) is 4. The van der Waals surface area contributed by atoms with Gasteiger partial charge in [-0.1, -0.05) is 20.8 Å². The Morgan fingerprint density at radius 1 is 1.45 bits per heavy atom. The highest BCUT2D eigenvalue weighted by Gasteiger charge is 2.43. The first kappa shape index (κ1) is 15.4. The van der Waals surface area contributed by atoms with Crippen molar-refractivity contribution in [2.45, 2.75) is 38.6 Å². The summed E-state index contributed by atoms with van der Waals surface area (Å²) in [4.78, 5) is 27.4. The predicted molar refractivity (Wildman–Crippen MR) is 82.4 cm³/mol. The minimum absolute atomic E-state index is 0.0595. The first-order valence-electron chi connectivity index (χ1n) is 6.71. The molecule has 1 aromatic heterocycles. The zero-order valence-electron chi connectivity index (χ0n) is 11.8. The Balaban J connectivity index is 2.29. The Morgan fingerprint density at radius 2 is 2.15 bits per heavy atom. The smallest absolute Gasteiger partial charge is 0.327 e. The second-order valence-corrected chi connectivity index (χ2v) is 7.47. The molecule has 1 fully saturated rings. The fourth-order valence-electron chi connectivity index (χ4n) is 2.30. The third-order valence-corrected chi connectivity index (χ3v) is 6.18. The van der Waals surface area contributed by atoms with Gasteiger partial charge in [0, 0.05) is 10.6 Å². The van der Waals surface area contributed by atoms with E-state index in [1.165, 1.54) is 11.3 Å². The van der Waals surface area contributed by atoms with Crippen LogP contribution in [-0.4, -0.2) is 39.1 Å². The molecule has 1 N–H and O–H groups in total. The van der Waals surface area contributed by atoms with Crippen LogP contribution in [-0.2, 0) is 11.2 Å². The number of thiophene rings is 1. The van der Waals surface area contributed by atoms with Gasteiger partial charge >= 0.3 is 5.97 Å². The number of rotatable bonds is 4. The molecule has 4 nitrogen and oxygen atoms in total. The molecule has 1 aliphatic rings. The summed E-state index contributed by atoms with van der Waals surface area (Å²) < 4.78 is 0. The maximum Gasteiger partial charge on any atom is 0.327 e. The Kier molecular flexibility index (Phi) is 4.75. The summed E-state index contributed by atoms with van der Waals surface area (Å²) in [6.07, 6.45) is 0.892. The van der Waals surface area contributed by atoms with Crippen LogP contribution in [0.5, 0.6) is 0 Å². The van der Waals surface area contributed by atoms with Crippen molar-refractivity contribution < 1.29 is 14.7 Å². The van der Waals surface area contributed by atoms with Crippen LogP contribution in [0.4, 0.5) is 0 Å². The molecule has 0 aromatic carbocycles. The number of amides is 1. The summed E-state index contributed by atoms with van der Waals surface area (Å²) >= 11 is 3.02. The van der Waals surface area contributed by atoms with E-state index in [9.17, 15) is 14.7 Å². The van der Waals surface area contributed by atoms with Gasteiger partial charge in [-0.25, -0.2) is 4.79 Å². The van der Waals surface area contributed by atoms with E-state index in [0.29, 0.717) is 10.6 Å². The molecule has 2 rings (SSSR count). The van der Waals surface area contributed by atoms with Gasteiger partial charge in [0.2, 0.25) is 0 Å². The van der Waals surface area contributed by atoms with Gasteiger partial charge in [-0.15, -0.1) is 23.1 Å². The van der Waals surface area contributed by atoms with Crippen molar-refractivity contribution in [2.24, 2.45) is 5.92 Å². The average Bonchev–Trinajstić information content (AvgIpc) is 3.04. The quantitative estimate of drug-likeness (QED) is 0.928. The van der Waals surface area contributed by atoms with Crippen LogP contribution in [0.25, 0.3) is 0 Å². The number of aliphatic carboxylic acids is 1. The van der Waals surface area contributed by atoms with Gasteiger partial charge in [0.05, 0.1) is 10.3 Å². The second kappa shape index (κ2) is 6.18. The first-order chi connectivity index (χ1) is 9.45. The molecule has 0 radical (unpaired) electrons. The molecule has 110 valence electrons. The van der Waals surface area contributed by atoms with E-state index < -0.39 is 12.0 Å². The van der Waals surface area contributed by atoms with Crippen molar-refractivity contribution in [1.82, 2.24) is 4.90 Å². The highest BCUT2D eigenvalue weighted by molar-refractivity contribution is 8.00. The van der Waals surface area contributed by atoms with Crippen molar-refractivity contribution in [2.75, 3.05) is 5.75 Å². The van der Waals surface area contributed by atoms with Crippen molar-refractivity contribution in [3.8, 4) is 0 Å². The minimum Gasteiger partial charge on any atom is -0.480 e. The number of carboxylic acids is 1. The molecule has 1 aromatic rings. The standard InChI is InChI=1S/C14H19NO3S2/c1-4-9-5-6-11(20-9)12(16)15-10(14(17)18)7-19-13(15)8(2)3/h5-6,8,10,13H,4,7H2,1-3H3,(H,17,18). The van der Waals surface area contributed by atoms with Crippen LogP contribution >= 0.6 is 23.1 Å². The van der Waals surface area contributed by atoms with E-state index in [0.717, 1.165) is 11.3 Å². The summed E-state index contributed by atoms with van der Waals surface area (Å²) in [5, 5.41) is 9.27. The fourth-order valence-corrected chi connectivity index (χ4v) is 4.66. The summed E-state index contributed by atoms with van der Waals surface area (Å²) in [5.74, 6) is -0.360. The maximum absolute atomic E-state index is 12.7. The van der Waals surface area contributed by atoms with Crippen molar-refractivity contribution in [3.63, 3.8) is 0 Å². The molecule has 1 aliphatic heterocycles. The van der Waals surface area contributed by atoms with Gasteiger partial charge in [0.1, 0.15) is 6.04 Å². The highest BCUT2D eigenvalue weighted by atomic mass is 32.2. The van der Waals surface area contributed by atoms with Crippen LogP contribution in [0.2, 0.25) is 0 Å². The van der Waals surface area contributed by atoms with Crippen LogP contribution in [0.15, 0.2) is 12.1 Å². The lowest BCUT2D eigenvalue weighted by molar-refractivity contribution is -0.141. The molecule has 6 heteroatoms. The number of aryl methyl sites for hydroxylation is 1. The van der Waals surface area contributed by atoms with Crippen molar-refractivity contribution >= 4 is 35.0 Å². The monoisotopic (exact) mass is 313 g/mol. The summed E-state index contributed by atoms with van der Waals surface area (Å²) in [6.45, 7) is 6.09. The molecule has 2 heterocycles. The van der Waals surface area contributed by atoms with Gasteiger partial charge in [0.25, 0.3) is 5.91 Å². The minimum atomic E-state index is -0.915. The lowest BCUT2D eigenvalue weighted by Gasteiger charge is -2.29. The number of carboxylic acid groups (broad SMARTS) is 1. The van der Waals surface area contributed by atoms with Crippen molar-refractivity contribution in [3.05, 3.63) is 21.9 Å². The topological polar surface area (TPSA) is 57.6 Å². The van der Waals surface area contributed by atoms with Crippen LogP contribution in [0, 0.1) is 5.92 Å². The van der Waals surface area contributed by atoms with Gasteiger partial charge in [-0.2, -0.15) is 0 Å². The molecule has 1 saturated heterocycles. The SMILES string of the molecule is CCc1ccc(C(=O)N2C(C(=O)O)CSC2C(C)C)s1. The summed E-state index contributed by atoms with van der Waals surface area (Å²) in [7, 11) is 0. The third kappa shape index (κ3) is 2.86. The normalized spacial score (nSPS) is 22.5. The van der Waals surface area contributed by atoms with E-state index in [2.05, 4.69) is 0 Å². The fraction of sp³-hybridized carbons (Fsp3) is 0.571. The summed E-state index contributed by atoms with van der Waals surface area (Å²) in [6, 6.07) is 3.04. The van der Waals surface area contributed by atoms with Gasteiger partial charge < -0.3 is 10.0 Å². The number of carbonyl (C=O) groups excluding carboxylic acids is 1. The van der Waals surface area contributed by atoms with Crippen LogP contribution in [0.3, 0.4) is 0 Å². The van der Waals surface area contributed by atoms with E-state index in [1.807, 2.05) is 32.9 Å². The van der Waals surface area contributed by atoms with E-state index in [1.54, 1.807) is 16.7 Å². The Hall–Kier alpha value is -1.01. The van der Waals surface area contributed by atoms with Crippen LogP contribution in [0.1, 0.15) is 35.3 Å². The molecular weight excluding hydrogens is 294 g/mol. The first-order valence-corrected chi connectivity index (χ1v) is 8.58. The summed E-state index contributed by atoms with van der Waals surface area (Å²) in [5.41, 5.74) is 0. The number of hydrogen-bond donors (Lipinski definition) is 1.